The molecule has 0 aromatic heterocycles. The van der Waals surface area contributed by atoms with E-state index in [2.05, 4.69) is 259 Å². The number of nitrogens with two attached hydrogens (primary N) is 1. The van der Waals surface area contributed by atoms with Gasteiger partial charge >= 0.3 is 0 Å². The Kier molecular flexibility index (Phi) is 64.6. The normalized spacial score (nSPS) is 18.2. The van der Waals surface area contributed by atoms with Gasteiger partial charge in [0.2, 0.25) is 0 Å². The molecule has 0 amide bonds. The maximum atomic E-state index is 6.97. The summed E-state index contributed by atoms with van der Waals surface area (Å²) in [5.74, 6) is 8.61. The lowest BCUT2D eigenvalue weighted by molar-refractivity contribution is 0.171. The van der Waals surface area contributed by atoms with Gasteiger partial charge in [0.15, 0.2) is 0 Å². The number of aryl methyl sites for hydroxylation is 5. The largest absolute Gasteiger partial charge is 0.325 e. The van der Waals surface area contributed by atoms with Crippen LogP contribution in [-0.4, -0.2) is 104 Å². The second-order valence-corrected chi connectivity index (χ2v) is 44.5. The van der Waals surface area contributed by atoms with Crippen LogP contribution in [0.1, 0.15) is 542 Å². The molecule has 133 heavy (non-hydrogen) atoms. The van der Waals surface area contributed by atoms with Crippen molar-refractivity contribution in [1.82, 2.24) is 19.6 Å². The summed E-state index contributed by atoms with van der Waals surface area (Å²) >= 11 is 0. The maximum Gasteiger partial charge on any atom is 0.0154 e. The number of fused-ring (bicyclic) bond motifs is 5. The molecule has 6 aliphatic rings. The minimum atomic E-state index is 0.0765. The number of rotatable bonds is 64. The molecule has 1 fully saturated rings. The van der Waals surface area contributed by atoms with Crippen LogP contribution in [0.4, 0.5) is 0 Å². The summed E-state index contributed by atoms with van der Waals surface area (Å²) in [7, 11) is 4.37. The molecule has 5 heteroatoms. The lowest BCUT2D eigenvalue weighted by atomic mass is 9.76. The zero-order chi connectivity index (χ0) is 95.7. The molecule has 0 aliphatic heterocycles. The van der Waals surface area contributed by atoms with E-state index in [1.54, 1.807) is 55.6 Å². The van der Waals surface area contributed by atoms with Crippen molar-refractivity contribution in [3.05, 3.63) is 177 Å². The van der Waals surface area contributed by atoms with Crippen molar-refractivity contribution in [3.8, 4) is 0 Å². The second kappa shape index (κ2) is 73.1. The predicted molar refractivity (Wildman–Crippen MR) is 594 cm³/mol. The van der Waals surface area contributed by atoms with E-state index >= 15 is 0 Å². The first kappa shape index (κ1) is 118. The highest BCUT2D eigenvalue weighted by atomic mass is 15.2. The molecule has 10 unspecified atom stereocenters. The number of benzene rings is 5. The molecule has 0 spiro atoms. The predicted octanol–water partition coefficient (Wildman–Crippen LogP) is 37.4. The zero-order valence-corrected chi connectivity index (χ0v) is 91.4. The van der Waals surface area contributed by atoms with Crippen LogP contribution < -0.4 is 5.73 Å². The van der Waals surface area contributed by atoms with Crippen molar-refractivity contribution in [1.29, 1.82) is 0 Å². The lowest BCUT2D eigenvalue weighted by Crippen LogP contribution is -2.40. The minimum Gasteiger partial charge on any atom is -0.325 e. The first-order valence-electron chi connectivity index (χ1n) is 59.0. The Bertz CT molecular complexity index is 3520. The SMILES string of the molecule is C1CCCCC1.CCCCCC(CCC(N)(CCCC)CCCC)C1CCc2ccccc21.CCCCCC(CCCCCCN(C(C)C)C(C)C)C1CCc2ccccc21.CCCCCC(CCCCN(C)C)C1CCc2ccccc21.CCCCCC(CCCCN(CC)CC)C1CCc2ccccc21.CCCCCC(CCCCN(CCC)CCC)C1CCc2ccccc21. The van der Waals surface area contributed by atoms with E-state index in [0.717, 1.165) is 59.2 Å². The van der Waals surface area contributed by atoms with Crippen molar-refractivity contribution >= 4 is 0 Å². The summed E-state index contributed by atoms with van der Waals surface area (Å²) < 4.78 is 0. The third-order valence-corrected chi connectivity index (χ3v) is 33.3. The number of hydrogen-bond acceptors (Lipinski definition) is 5. The van der Waals surface area contributed by atoms with Gasteiger partial charge in [-0.2, -0.15) is 0 Å². The molecule has 11 rings (SSSR count). The van der Waals surface area contributed by atoms with Gasteiger partial charge in [0.1, 0.15) is 0 Å². The smallest absolute Gasteiger partial charge is 0.0154 e. The minimum absolute atomic E-state index is 0.0765. The van der Waals surface area contributed by atoms with Crippen molar-refractivity contribution in [2.75, 3.05) is 66.5 Å². The van der Waals surface area contributed by atoms with Gasteiger partial charge in [0, 0.05) is 17.6 Å². The molecule has 5 aromatic rings. The molecular weight excluding hydrogens is 1610 g/mol. The fraction of sp³-hybridized carbons (Fsp3) is 0.766. The van der Waals surface area contributed by atoms with Gasteiger partial charge < -0.3 is 20.4 Å². The van der Waals surface area contributed by atoms with E-state index in [4.69, 9.17) is 5.73 Å². The number of unbranched alkanes of at least 4 members (excludes halogenated alkanes) is 18. The summed E-state index contributed by atoms with van der Waals surface area (Å²) in [6.07, 6.45) is 82.8. The van der Waals surface area contributed by atoms with Gasteiger partial charge in [-0.3, -0.25) is 4.90 Å². The Morgan fingerprint density at radius 1 is 0.256 bits per heavy atom. The molecule has 0 radical (unpaired) electrons. The van der Waals surface area contributed by atoms with Gasteiger partial charge in [0.25, 0.3) is 0 Å². The van der Waals surface area contributed by atoms with Crippen LogP contribution in [0, 0.1) is 29.6 Å². The highest BCUT2D eigenvalue weighted by molar-refractivity contribution is 5.39. The molecule has 5 nitrogen and oxygen atoms in total. The Hall–Kier alpha value is -4.10. The number of hydrogen-bond donors (Lipinski definition) is 1. The molecule has 6 aliphatic carbocycles. The van der Waals surface area contributed by atoms with Crippen LogP contribution >= 0.6 is 0 Å². The Morgan fingerprint density at radius 2 is 0.496 bits per heavy atom. The van der Waals surface area contributed by atoms with Crippen LogP contribution in [0.5, 0.6) is 0 Å². The highest BCUT2D eigenvalue weighted by Crippen LogP contribution is 2.48. The molecule has 0 bridgehead atoms. The molecular formula is C128H221N5. The summed E-state index contributed by atoms with van der Waals surface area (Å²) in [4.78, 5) is 10.2. The van der Waals surface area contributed by atoms with Gasteiger partial charge in [-0.15, -0.1) is 0 Å². The Balaban J connectivity index is 0.000000252. The van der Waals surface area contributed by atoms with Crippen LogP contribution in [0.25, 0.3) is 0 Å². The van der Waals surface area contributed by atoms with Crippen molar-refractivity contribution in [2.45, 2.75) is 536 Å². The van der Waals surface area contributed by atoms with E-state index in [-0.39, 0.29) is 5.54 Å². The zero-order valence-electron chi connectivity index (χ0n) is 91.4. The third kappa shape index (κ3) is 45.6. The molecule has 10 atom stereocenters. The van der Waals surface area contributed by atoms with E-state index in [1.807, 2.05) is 0 Å². The van der Waals surface area contributed by atoms with Gasteiger partial charge in [0.05, 0.1) is 0 Å². The summed E-state index contributed by atoms with van der Waals surface area (Å²) in [6, 6.07) is 47.6. The summed E-state index contributed by atoms with van der Waals surface area (Å²) in [6.45, 7) is 44.8. The van der Waals surface area contributed by atoms with Crippen LogP contribution in [-0.2, 0) is 32.1 Å². The fourth-order valence-electron chi connectivity index (χ4n) is 25.4. The fourth-order valence-corrected chi connectivity index (χ4v) is 25.4. The van der Waals surface area contributed by atoms with E-state index in [9.17, 15) is 0 Å². The van der Waals surface area contributed by atoms with Crippen molar-refractivity contribution < 1.29 is 0 Å². The first-order valence-corrected chi connectivity index (χ1v) is 59.0. The molecule has 758 valence electrons. The van der Waals surface area contributed by atoms with Crippen LogP contribution in [0.15, 0.2) is 121 Å². The molecule has 1 saturated carbocycles. The first-order chi connectivity index (χ1) is 65.0. The van der Waals surface area contributed by atoms with Crippen molar-refractivity contribution in [2.24, 2.45) is 35.3 Å². The quantitative estimate of drug-likeness (QED) is 0.0393. The Labute approximate surface area is 829 Å². The molecule has 2 N–H and O–H groups in total. The highest BCUT2D eigenvalue weighted by Gasteiger charge is 2.36. The van der Waals surface area contributed by atoms with Gasteiger partial charge in [-0.1, -0.05) is 397 Å². The van der Waals surface area contributed by atoms with E-state index in [1.165, 1.54) is 438 Å². The maximum absolute atomic E-state index is 6.97. The monoisotopic (exact) mass is 1830 g/mol. The van der Waals surface area contributed by atoms with Crippen LogP contribution in [0.2, 0.25) is 0 Å². The van der Waals surface area contributed by atoms with E-state index in [0.29, 0.717) is 12.1 Å². The van der Waals surface area contributed by atoms with Crippen LogP contribution in [0.3, 0.4) is 0 Å². The average molecular weight is 1830 g/mol. The lowest BCUT2D eigenvalue weighted by Gasteiger charge is -2.33. The molecule has 5 aromatic carbocycles. The topological polar surface area (TPSA) is 39.0 Å². The summed E-state index contributed by atoms with van der Waals surface area (Å²) in [5, 5.41) is 0. The van der Waals surface area contributed by atoms with Gasteiger partial charge in [-0.25, -0.2) is 0 Å². The van der Waals surface area contributed by atoms with E-state index < -0.39 is 0 Å². The standard InChI is InChI=1S/C27H47N.C26H45N.C25H43N.C23H39N.C21H35N.C6H12/c1-6-7-10-15-24(27-20-19-25-17-12-13-18-26(25)27)16-11-8-9-14-21-28(22(2)3)23(4)5;1-4-7-10-13-23(25-17-16-22-14-11-12-15-24(22)25)18-21-26(27,19-8-5-2)20-9-6-3;1-4-7-8-13-22(15-11-12-21-26(19-5-2)20-6-3)25-18-17-23-14-9-10-16-24(23)25;1-4-7-8-13-20(15-11-12-19-24(5-2)6-3)23-18-17-21-14-9-10-16-22(21)23;1-4-5-6-11-18(13-9-10-17-22(2)3)21-16-15-19-12-7-8-14-20(19)21;1-2-4-6-5-3-1/h12-13,17-18,22-24,27H,6-11,14-16,19-21H2,1-5H3;11-12,14-15,23,25H,4-10,13,16-21,27H2,1-3H3;9-10,14,16,22,25H,4-8,11-13,15,17-21H2,1-3H3;9-10,14,16,20,23H,4-8,11-13,15,17-19H2,1-3H3;7-8,12,14,18,21H,4-6,9-11,13,15-17H2,1-3H3;1-6H2. The second-order valence-electron chi connectivity index (χ2n) is 44.5. The average Bonchev–Trinajstić information content (AvgIpc) is 1.68. The van der Waals surface area contributed by atoms with Gasteiger partial charge in [-0.05, 0) is 395 Å². The third-order valence-electron chi connectivity index (χ3n) is 33.3. The molecule has 0 saturated heterocycles. The number of nitrogens with zero attached hydrogens (tertiary/aromatic N) is 4. The molecule has 0 heterocycles. The Morgan fingerprint density at radius 3 is 0.759 bits per heavy atom. The van der Waals surface area contributed by atoms with Crippen molar-refractivity contribution in [3.63, 3.8) is 0 Å². The summed E-state index contributed by atoms with van der Waals surface area (Å²) in [5.41, 5.74) is 23.6.